The van der Waals surface area contributed by atoms with Crippen LogP contribution in [0.2, 0.25) is 0 Å². The van der Waals surface area contributed by atoms with E-state index in [2.05, 4.69) is 39.7 Å². The van der Waals surface area contributed by atoms with Gasteiger partial charge in [-0.25, -0.2) is 4.68 Å². The van der Waals surface area contributed by atoms with Gasteiger partial charge in [-0.15, -0.1) is 29.9 Å². The molecule has 1 fully saturated rings. The number of hydrogen-bond donors (Lipinski definition) is 2. The zero-order valence-electron chi connectivity index (χ0n) is 14.7. The van der Waals surface area contributed by atoms with Crippen LogP contribution in [0, 0.1) is 6.92 Å². The van der Waals surface area contributed by atoms with Crippen LogP contribution in [0.4, 0.5) is 0 Å². The van der Waals surface area contributed by atoms with E-state index in [9.17, 15) is 4.79 Å². The summed E-state index contributed by atoms with van der Waals surface area (Å²) >= 11 is 0. The van der Waals surface area contributed by atoms with Gasteiger partial charge in [0.05, 0.1) is 11.7 Å². The van der Waals surface area contributed by atoms with Crippen LogP contribution < -0.4 is 10.6 Å². The molecule has 140 valence electrons. The Morgan fingerprint density at radius 3 is 2.50 bits per heavy atom. The van der Waals surface area contributed by atoms with Crippen LogP contribution in [-0.4, -0.2) is 65.1 Å². The molecule has 1 saturated heterocycles. The molecule has 1 amide bonds. The molecule has 2 N–H and O–H groups in total. The van der Waals surface area contributed by atoms with Crippen molar-refractivity contribution >= 4 is 30.7 Å². The second kappa shape index (κ2) is 11.6. The summed E-state index contributed by atoms with van der Waals surface area (Å²) in [7, 11) is 0. The molecule has 1 aliphatic heterocycles. The number of rotatable bonds is 7. The van der Waals surface area contributed by atoms with E-state index in [4.69, 9.17) is 0 Å². The molecule has 2 heterocycles. The summed E-state index contributed by atoms with van der Waals surface area (Å²) in [5.74, 6) is -0.121. The number of nitrogens with zero attached hydrogens (tertiary/aromatic N) is 4. The van der Waals surface area contributed by atoms with Gasteiger partial charge >= 0.3 is 0 Å². The molecule has 1 aliphatic rings. The predicted molar refractivity (Wildman–Crippen MR) is 101 cm³/mol. The maximum absolute atomic E-state index is 12.3. The molecule has 0 radical (unpaired) electrons. The largest absolute Gasteiger partial charge is 0.349 e. The number of carbonyl (C=O) groups is 1. The molecule has 0 aliphatic carbocycles. The first-order valence-corrected chi connectivity index (χ1v) is 8.30. The Kier molecular flexibility index (Phi) is 11.2. The number of aromatic nitrogens is 3. The van der Waals surface area contributed by atoms with Crippen molar-refractivity contribution < 1.29 is 4.79 Å². The van der Waals surface area contributed by atoms with E-state index in [1.165, 1.54) is 0 Å². The summed E-state index contributed by atoms with van der Waals surface area (Å²) in [6.45, 7) is 11.7. The van der Waals surface area contributed by atoms with Gasteiger partial charge in [-0.2, -0.15) is 0 Å². The SMILES string of the molecule is CCN(CC)CCNC(=O)c1nnn(C2CCNCC2)c1C.Cl.Cl. The van der Waals surface area contributed by atoms with E-state index >= 15 is 0 Å². The van der Waals surface area contributed by atoms with Crippen molar-refractivity contribution in [2.24, 2.45) is 0 Å². The van der Waals surface area contributed by atoms with Crippen LogP contribution in [0.5, 0.6) is 0 Å². The number of piperidine rings is 1. The van der Waals surface area contributed by atoms with Gasteiger partial charge in [0.1, 0.15) is 0 Å². The normalized spacial score (nSPS) is 14.8. The quantitative estimate of drug-likeness (QED) is 0.748. The van der Waals surface area contributed by atoms with E-state index in [0.29, 0.717) is 18.3 Å². The molecule has 0 bridgehead atoms. The zero-order chi connectivity index (χ0) is 15.9. The Hall–Kier alpha value is -0.890. The minimum Gasteiger partial charge on any atom is -0.349 e. The second-order valence-electron chi connectivity index (χ2n) is 5.73. The molecule has 0 aromatic carbocycles. The summed E-state index contributed by atoms with van der Waals surface area (Å²) in [6, 6.07) is 0.353. The lowest BCUT2D eigenvalue weighted by Crippen LogP contribution is -2.35. The number of halogens is 2. The third-order valence-electron chi connectivity index (χ3n) is 4.41. The fourth-order valence-electron chi connectivity index (χ4n) is 2.90. The standard InChI is InChI=1S/C15H28N6O.2ClH/c1-4-20(5-2)11-10-17-15(22)14-12(3)21(19-18-14)13-6-8-16-9-7-13;;/h13,16H,4-11H2,1-3H3,(H,17,22);2*1H. The molecule has 0 unspecified atom stereocenters. The summed E-state index contributed by atoms with van der Waals surface area (Å²) in [5, 5.41) is 14.6. The van der Waals surface area contributed by atoms with Crippen molar-refractivity contribution in [1.29, 1.82) is 0 Å². The number of nitrogens with one attached hydrogen (secondary N) is 2. The Bertz CT molecular complexity index is 486. The van der Waals surface area contributed by atoms with Gasteiger partial charge in [0, 0.05) is 13.1 Å². The zero-order valence-corrected chi connectivity index (χ0v) is 16.4. The summed E-state index contributed by atoms with van der Waals surface area (Å²) in [5.41, 5.74) is 1.32. The molecule has 0 atom stereocenters. The van der Waals surface area contributed by atoms with E-state index in [-0.39, 0.29) is 30.7 Å². The van der Waals surface area contributed by atoms with Gasteiger partial charge in [0.25, 0.3) is 5.91 Å². The van der Waals surface area contributed by atoms with Crippen molar-refractivity contribution in [2.75, 3.05) is 39.3 Å². The lowest BCUT2D eigenvalue weighted by atomic mass is 10.1. The van der Waals surface area contributed by atoms with E-state index in [0.717, 1.165) is 51.3 Å². The van der Waals surface area contributed by atoms with Gasteiger partial charge < -0.3 is 15.5 Å². The van der Waals surface area contributed by atoms with Gasteiger partial charge in [-0.1, -0.05) is 19.1 Å². The molecule has 0 spiro atoms. The van der Waals surface area contributed by atoms with E-state index in [1.54, 1.807) is 0 Å². The topological polar surface area (TPSA) is 75.1 Å². The molecular weight excluding hydrogens is 351 g/mol. The number of amides is 1. The molecule has 2 rings (SSSR count). The van der Waals surface area contributed by atoms with Gasteiger partial charge in [-0.3, -0.25) is 4.79 Å². The Morgan fingerprint density at radius 2 is 1.92 bits per heavy atom. The van der Waals surface area contributed by atoms with Crippen LogP contribution in [0.1, 0.15) is 48.9 Å². The predicted octanol–water partition coefficient (Wildman–Crippen LogP) is 1.43. The number of likely N-dealkylation sites (N-methyl/N-ethyl adjacent to an activating group) is 1. The third-order valence-corrected chi connectivity index (χ3v) is 4.41. The summed E-state index contributed by atoms with van der Waals surface area (Å²) < 4.78 is 1.92. The van der Waals surface area contributed by atoms with Crippen molar-refractivity contribution in [3.05, 3.63) is 11.4 Å². The van der Waals surface area contributed by atoms with Gasteiger partial charge in [-0.05, 0) is 45.9 Å². The minimum absolute atomic E-state index is 0. The highest BCUT2D eigenvalue weighted by molar-refractivity contribution is 5.93. The molecule has 0 saturated carbocycles. The maximum atomic E-state index is 12.3. The minimum atomic E-state index is -0.121. The molecule has 1 aromatic rings. The smallest absolute Gasteiger partial charge is 0.273 e. The third kappa shape index (κ3) is 5.88. The van der Waals surface area contributed by atoms with Gasteiger partial charge in [0.15, 0.2) is 5.69 Å². The molecule has 7 nitrogen and oxygen atoms in total. The number of hydrogen-bond acceptors (Lipinski definition) is 5. The second-order valence-corrected chi connectivity index (χ2v) is 5.73. The van der Waals surface area contributed by atoms with Crippen LogP contribution in [0.25, 0.3) is 0 Å². The highest BCUT2D eigenvalue weighted by Crippen LogP contribution is 2.20. The van der Waals surface area contributed by atoms with Crippen LogP contribution in [-0.2, 0) is 0 Å². The molecule has 24 heavy (non-hydrogen) atoms. The Labute approximate surface area is 156 Å². The summed E-state index contributed by atoms with van der Waals surface area (Å²) in [6.07, 6.45) is 2.07. The van der Waals surface area contributed by atoms with Crippen molar-refractivity contribution in [3.63, 3.8) is 0 Å². The Balaban J connectivity index is 0.00000264. The highest BCUT2D eigenvalue weighted by Gasteiger charge is 2.22. The fourth-order valence-corrected chi connectivity index (χ4v) is 2.90. The van der Waals surface area contributed by atoms with Crippen LogP contribution >= 0.6 is 24.8 Å². The number of carbonyl (C=O) groups excluding carboxylic acids is 1. The molecule has 1 aromatic heterocycles. The van der Waals surface area contributed by atoms with Crippen LogP contribution in [0.15, 0.2) is 0 Å². The highest BCUT2D eigenvalue weighted by atomic mass is 35.5. The van der Waals surface area contributed by atoms with Crippen LogP contribution in [0.3, 0.4) is 0 Å². The average Bonchev–Trinajstić information content (AvgIpc) is 2.94. The average molecular weight is 381 g/mol. The van der Waals surface area contributed by atoms with Crippen molar-refractivity contribution in [1.82, 2.24) is 30.5 Å². The maximum Gasteiger partial charge on any atom is 0.273 e. The monoisotopic (exact) mass is 380 g/mol. The first-order valence-electron chi connectivity index (χ1n) is 8.30. The van der Waals surface area contributed by atoms with E-state index in [1.807, 2.05) is 11.6 Å². The first kappa shape index (κ1) is 23.1. The lowest BCUT2D eigenvalue weighted by Gasteiger charge is -2.23. The van der Waals surface area contributed by atoms with Crippen molar-refractivity contribution in [2.45, 2.75) is 39.7 Å². The molecule has 9 heteroatoms. The summed E-state index contributed by atoms with van der Waals surface area (Å²) in [4.78, 5) is 14.5. The lowest BCUT2D eigenvalue weighted by molar-refractivity contribution is 0.0943. The Morgan fingerprint density at radius 1 is 1.29 bits per heavy atom. The first-order chi connectivity index (χ1) is 10.7. The molecular formula is C15H30Cl2N6O. The fraction of sp³-hybridized carbons (Fsp3) is 0.800. The van der Waals surface area contributed by atoms with E-state index < -0.39 is 0 Å². The van der Waals surface area contributed by atoms with Crippen molar-refractivity contribution in [3.8, 4) is 0 Å². The van der Waals surface area contributed by atoms with Gasteiger partial charge in [0.2, 0.25) is 0 Å².